The van der Waals surface area contributed by atoms with Gasteiger partial charge in [0.15, 0.2) is 0 Å². The number of nitrogen functional groups attached to an aromatic ring is 1. The molecule has 5 nitrogen and oxygen atoms in total. The van der Waals surface area contributed by atoms with Gasteiger partial charge in [-0.2, -0.15) is 4.98 Å². The molecule has 0 saturated heterocycles. The fraction of sp³-hybridized carbons (Fsp3) is 0.400. The summed E-state index contributed by atoms with van der Waals surface area (Å²) in [6.45, 7) is 2.53. The molecule has 2 rings (SSSR count). The molecule has 7 heteroatoms. The van der Waals surface area contributed by atoms with Crippen molar-refractivity contribution in [1.29, 1.82) is 0 Å². The van der Waals surface area contributed by atoms with Crippen LogP contribution in [0.15, 0.2) is 11.4 Å². The van der Waals surface area contributed by atoms with Crippen LogP contribution in [0.4, 0.5) is 11.8 Å². The van der Waals surface area contributed by atoms with Gasteiger partial charge in [-0.05, 0) is 18.4 Å². The van der Waals surface area contributed by atoms with Gasteiger partial charge in [-0.15, -0.1) is 11.3 Å². The number of rotatable bonds is 4. The molecule has 2 atom stereocenters. The summed E-state index contributed by atoms with van der Waals surface area (Å²) in [6.07, 6.45) is 1.70. The van der Waals surface area contributed by atoms with E-state index in [4.69, 9.17) is 5.73 Å². The van der Waals surface area contributed by atoms with Crippen molar-refractivity contribution in [2.45, 2.75) is 12.2 Å². The second kappa shape index (κ2) is 4.97. The van der Waals surface area contributed by atoms with Crippen LogP contribution in [0.1, 0.15) is 6.92 Å². The van der Waals surface area contributed by atoms with Crippen molar-refractivity contribution in [3.8, 4) is 0 Å². The molecule has 2 aromatic rings. The van der Waals surface area contributed by atoms with Gasteiger partial charge in [0, 0.05) is 28.9 Å². The number of nitrogens with two attached hydrogens (primary N) is 1. The molecule has 0 radical (unpaired) electrons. The van der Waals surface area contributed by atoms with Gasteiger partial charge in [0.1, 0.15) is 10.6 Å². The first-order valence-electron chi connectivity index (χ1n) is 5.14. The average Bonchev–Trinajstić information content (AvgIpc) is 2.72. The SMILES string of the molecule is CC(CNc1nc(N)nc2sccc12)S(C)=O. The minimum Gasteiger partial charge on any atom is -0.368 e. The fourth-order valence-electron chi connectivity index (χ4n) is 1.36. The minimum atomic E-state index is -0.848. The molecule has 0 aliphatic carbocycles. The summed E-state index contributed by atoms with van der Waals surface area (Å²) in [5.74, 6) is 0.971. The van der Waals surface area contributed by atoms with E-state index in [2.05, 4.69) is 15.3 Å². The van der Waals surface area contributed by atoms with Crippen LogP contribution in [-0.4, -0.2) is 32.2 Å². The lowest BCUT2D eigenvalue weighted by Gasteiger charge is -2.11. The quantitative estimate of drug-likeness (QED) is 0.879. The Morgan fingerprint density at radius 3 is 3.06 bits per heavy atom. The molecule has 2 unspecified atom stereocenters. The third-order valence-electron chi connectivity index (χ3n) is 2.47. The van der Waals surface area contributed by atoms with E-state index in [-0.39, 0.29) is 11.2 Å². The van der Waals surface area contributed by atoms with E-state index in [1.165, 1.54) is 11.3 Å². The van der Waals surface area contributed by atoms with Crippen LogP contribution in [0.25, 0.3) is 10.2 Å². The number of anilines is 2. The summed E-state index contributed by atoms with van der Waals surface area (Å²) in [6, 6.07) is 1.95. The number of fused-ring (bicyclic) bond motifs is 1. The maximum absolute atomic E-state index is 11.3. The van der Waals surface area contributed by atoms with Gasteiger partial charge in [-0.1, -0.05) is 0 Å². The van der Waals surface area contributed by atoms with Crippen molar-refractivity contribution < 1.29 is 4.21 Å². The first-order valence-corrected chi connectivity index (χ1v) is 7.65. The Morgan fingerprint density at radius 1 is 1.59 bits per heavy atom. The van der Waals surface area contributed by atoms with Crippen LogP contribution >= 0.6 is 11.3 Å². The largest absolute Gasteiger partial charge is 0.368 e. The summed E-state index contributed by atoms with van der Waals surface area (Å²) >= 11 is 1.53. The Balaban J connectivity index is 2.23. The van der Waals surface area contributed by atoms with E-state index in [1.807, 2.05) is 18.4 Å². The zero-order chi connectivity index (χ0) is 12.4. The van der Waals surface area contributed by atoms with Crippen molar-refractivity contribution in [2.24, 2.45) is 0 Å². The lowest BCUT2D eigenvalue weighted by atomic mass is 10.3. The number of aromatic nitrogens is 2. The predicted octanol–water partition coefficient (Wildman–Crippen LogP) is 1.45. The minimum absolute atomic E-state index is 0.0693. The summed E-state index contributed by atoms with van der Waals surface area (Å²) in [7, 11) is -0.848. The molecule has 2 aromatic heterocycles. The molecule has 0 spiro atoms. The molecule has 0 amide bonds. The lowest BCUT2D eigenvalue weighted by Crippen LogP contribution is -2.21. The molecular formula is C10H14N4OS2. The van der Waals surface area contributed by atoms with Crippen LogP contribution in [0, 0.1) is 0 Å². The van der Waals surface area contributed by atoms with E-state index < -0.39 is 10.8 Å². The van der Waals surface area contributed by atoms with Gasteiger partial charge in [0.2, 0.25) is 5.95 Å². The molecular weight excluding hydrogens is 256 g/mol. The van der Waals surface area contributed by atoms with E-state index in [0.717, 1.165) is 10.2 Å². The smallest absolute Gasteiger partial charge is 0.223 e. The Labute approximate surface area is 106 Å². The normalized spacial score (nSPS) is 14.7. The van der Waals surface area contributed by atoms with E-state index >= 15 is 0 Å². The molecule has 0 aliphatic heterocycles. The number of hydrogen-bond donors (Lipinski definition) is 2. The van der Waals surface area contributed by atoms with Gasteiger partial charge in [-0.3, -0.25) is 4.21 Å². The third kappa shape index (κ3) is 2.73. The molecule has 0 bridgehead atoms. The monoisotopic (exact) mass is 270 g/mol. The highest BCUT2D eigenvalue weighted by Gasteiger charge is 2.10. The Bertz CT molecular complexity index is 554. The highest BCUT2D eigenvalue weighted by molar-refractivity contribution is 7.84. The molecule has 17 heavy (non-hydrogen) atoms. The molecule has 2 heterocycles. The third-order valence-corrected chi connectivity index (χ3v) is 4.57. The second-order valence-electron chi connectivity index (χ2n) is 3.76. The van der Waals surface area contributed by atoms with Gasteiger partial charge in [0.25, 0.3) is 0 Å². The number of hydrogen-bond acceptors (Lipinski definition) is 6. The van der Waals surface area contributed by atoms with Gasteiger partial charge in [-0.25, -0.2) is 4.98 Å². The molecule has 0 fully saturated rings. The molecule has 0 aliphatic rings. The molecule has 0 aromatic carbocycles. The number of nitrogens with one attached hydrogen (secondary N) is 1. The van der Waals surface area contributed by atoms with Crippen molar-refractivity contribution in [3.05, 3.63) is 11.4 Å². The maximum Gasteiger partial charge on any atom is 0.223 e. The summed E-state index contributed by atoms with van der Waals surface area (Å²) < 4.78 is 11.3. The van der Waals surface area contributed by atoms with Gasteiger partial charge < -0.3 is 11.1 Å². The van der Waals surface area contributed by atoms with Crippen molar-refractivity contribution in [2.75, 3.05) is 23.9 Å². The Kier molecular flexibility index (Phi) is 3.58. The zero-order valence-electron chi connectivity index (χ0n) is 9.64. The standard InChI is InChI=1S/C10H14N4OS2/c1-6(17(2)15)5-12-8-7-3-4-16-9(7)14-10(11)13-8/h3-4,6H,5H2,1-2H3,(H3,11,12,13,14). The maximum atomic E-state index is 11.3. The summed E-state index contributed by atoms with van der Waals surface area (Å²) in [5.41, 5.74) is 5.63. The summed E-state index contributed by atoms with van der Waals surface area (Å²) in [5, 5.41) is 6.15. The van der Waals surface area contributed by atoms with Crippen LogP contribution < -0.4 is 11.1 Å². The molecule has 0 saturated carbocycles. The van der Waals surface area contributed by atoms with Gasteiger partial charge in [0.05, 0.1) is 5.39 Å². The van der Waals surface area contributed by atoms with Gasteiger partial charge >= 0.3 is 0 Å². The zero-order valence-corrected chi connectivity index (χ0v) is 11.3. The van der Waals surface area contributed by atoms with Crippen LogP contribution in [0.5, 0.6) is 0 Å². The fourth-order valence-corrected chi connectivity index (χ4v) is 2.45. The van der Waals surface area contributed by atoms with Crippen molar-refractivity contribution in [3.63, 3.8) is 0 Å². The molecule has 3 N–H and O–H groups in total. The first-order chi connectivity index (χ1) is 8.08. The van der Waals surface area contributed by atoms with Crippen molar-refractivity contribution in [1.82, 2.24) is 9.97 Å². The lowest BCUT2D eigenvalue weighted by molar-refractivity contribution is 0.679. The second-order valence-corrected chi connectivity index (χ2v) is 6.46. The number of thiophene rings is 1. The van der Waals surface area contributed by atoms with Crippen LogP contribution in [0.2, 0.25) is 0 Å². The van der Waals surface area contributed by atoms with E-state index in [9.17, 15) is 4.21 Å². The van der Waals surface area contributed by atoms with Crippen LogP contribution in [0.3, 0.4) is 0 Å². The van der Waals surface area contributed by atoms with E-state index in [1.54, 1.807) is 6.26 Å². The highest BCUT2D eigenvalue weighted by atomic mass is 32.2. The Hall–Kier alpha value is -1.21. The van der Waals surface area contributed by atoms with E-state index in [0.29, 0.717) is 12.4 Å². The van der Waals surface area contributed by atoms with Crippen molar-refractivity contribution >= 4 is 44.1 Å². The Morgan fingerprint density at radius 2 is 2.35 bits per heavy atom. The van der Waals surface area contributed by atoms with Crippen LogP contribution in [-0.2, 0) is 10.8 Å². The summed E-state index contributed by atoms with van der Waals surface area (Å²) in [4.78, 5) is 9.18. The highest BCUT2D eigenvalue weighted by Crippen LogP contribution is 2.25. The molecule has 92 valence electrons. The number of nitrogens with zero attached hydrogens (tertiary/aromatic N) is 2. The first kappa shape index (κ1) is 12.3. The topological polar surface area (TPSA) is 80.9 Å². The predicted molar refractivity (Wildman–Crippen MR) is 73.8 cm³/mol. The average molecular weight is 270 g/mol.